The molecule has 1 heterocycles. The summed E-state index contributed by atoms with van der Waals surface area (Å²) in [5.74, 6) is -1.01. The minimum atomic E-state index is -3.69. The lowest BCUT2D eigenvalue weighted by atomic mass is 10.2. The molecule has 1 amide bonds. The minimum absolute atomic E-state index is 0.0209. The zero-order valence-corrected chi connectivity index (χ0v) is 14.2. The quantitative estimate of drug-likeness (QED) is 0.772. The number of sulfonamides is 1. The second-order valence-corrected chi connectivity index (χ2v) is 7.73. The second-order valence-electron chi connectivity index (χ2n) is 5.79. The van der Waals surface area contributed by atoms with E-state index in [4.69, 9.17) is 0 Å². The maximum Gasteiger partial charge on any atom is 0.259 e. The van der Waals surface area contributed by atoms with Crippen LogP contribution in [0.3, 0.4) is 0 Å². The van der Waals surface area contributed by atoms with Crippen LogP contribution in [0.2, 0.25) is 0 Å². The number of anilines is 1. The Morgan fingerprint density at radius 3 is 2.44 bits per heavy atom. The van der Waals surface area contributed by atoms with E-state index in [9.17, 15) is 23.4 Å². The summed E-state index contributed by atoms with van der Waals surface area (Å²) in [6.45, 7) is 0.905. The number of benzene rings is 2. The first-order chi connectivity index (χ1) is 11.9. The number of nitrogens with zero attached hydrogens (tertiary/aromatic N) is 1. The molecule has 0 bridgehead atoms. The molecule has 1 aliphatic rings. The predicted molar refractivity (Wildman–Crippen MR) is 92.2 cm³/mol. The smallest absolute Gasteiger partial charge is 0.259 e. The van der Waals surface area contributed by atoms with Gasteiger partial charge in [-0.05, 0) is 43.2 Å². The van der Waals surface area contributed by atoms with Crippen molar-refractivity contribution in [1.82, 2.24) is 4.31 Å². The lowest BCUT2D eigenvalue weighted by molar-refractivity contribution is 0.102. The molecule has 0 aromatic heterocycles. The highest BCUT2D eigenvalue weighted by Crippen LogP contribution is 2.27. The van der Waals surface area contributed by atoms with Crippen LogP contribution < -0.4 is 5.32 Å². The fourth-order valence-electron chi connectivity index (χ4n) is 2.72. The SMILES string of the molecule is O=C(Nc1cccc(O)c1)c1cc(S(=O)(=O)N2CCCC2)ccc1O. The van der Waals surface area contributed by atoms with E-state index in [-0.39, 0.29) is 22.0 Å². The van der Waals surface area contributed by atoms with Crippen LogP contribution in [0.25, 0.3) is 0 Å². The van der Waals surface area contributed by atoms with Crippen molar-refractivity contribution in [2.75, 3.05) is 18.4 Å². The van der Waals surface area contributed by atoms with Gasteiger partial charge in [-0.3, -0.25) is 4.79 Å². The summed E-state index contributed by atoms with van der Waals surface area (Å²) < 4.78 is 26.6. The molecule has 0 aliphatic carbocycles. The number of carbonyl (C=O) groups is 1. The number of nitrogens with one attached hydrogen (secondary N) is 1. The van der Waals surface area contributed by atoms with Crippen LogP contribution in [0.1, 0.15) is 23.2 Å². The van der Waals surface area contributed by atoms with Crippen LogP contribution in [0.4, 0.5) is 5.69 Å². The first kappa shape index (κ1) is 17.2. The molecule has 132 valence electrons. The average molecular weight is 362 g/mol. The summed E-state index contributed by atoms with van der Waals surface area (Å²) in [5, 5.41) is 21.9. The van der Waals surface area contributed by atoms with Gasteiger partial charge in [-0.15, -0.1) is 0 Å². The number of amides is 1. The fraction of sp³-hybridized carbons (Fsp3) is 0.235. The van der Waals surface area contributed by atoms with E-state index in [1.807, 2.05) is 0 Å². The maximum absolute atomic E-state index is 12.6. The summed E-state index contributed by atoms with van der Waals surface area (Å²) in [4.78, 5) is 12.4. The van der Waals surface area contributed by atoms with E-state index < -0.39 is 15.9 Å². The molecule has 3 rings (SSSR count). The molecule has 0 atom stereocenters. The number of hydrogen-bond donors (Lipinski definition) is 3. The van der Waals surface area contributed by atoms with Crippen molar-refractivity contribution in [1.29, 1.82) is 0 Å². The molecule has 0 spiro atoms. The molecule has 0 radical (unpaired) electrons. The highest BCUT2D eigenvalue weighted by molar-refractivity contribution is 7.89. The average Bonchev–Trinajstić information content (AvgIpc) is 3.10. The van der Waals surface area contributed by atoms with Gasteiger partial charge in [-0.2, -0.15) is 4.31 Å². The molecule has 8 heteroatoms. The number of carbonyl (C=O) groups excluding carboxylic acids is 1. The third-order valence-electron chi connectivity index (χ3n) is 4.02. The monoisotopic (exact) mass is 362 g/mol. The Labute approximate surface area is 145 Å². The van der Waals surface area contributed by atoms with Crippen LogP contribution in [0.15, 0.2) is 47.4 Å². The lowest BCUT2D eigenvalue weighted by Gasteiger charge is -2.16. The molecular formula is C17H18N2O5S. The molecule has 2 aromatic carbocycles. The van der Waals surface area contributed by atoms with Gasteiger partial charge in [0.25, 0.3) is 5.91 Å². The molecule has 1 aliphatic heterocycles. The Hall–Kier alpha value is -2.58. The van der Waals surface area contributed by atoms with Crippen molar-refractivity contribution in [2.24, 2.45) is 0 Å². The summed E-state index contributed by atoms with van der Waals surface area (Å²) in [5.41, 5.74) is 0.181. The Balaban J connectivity index is 1.90. The van der Waals surface area contributed by atoms with Crippen molar-refractivity contribution in [3.05, 3.63) is 48.0 Å². The molecule has 7 nitrogen and oxygen atoms in total. The molecule has 1 fully saturated rings. The highest BCUT2D eigenvalue weighted by atomic mass is 32.2. The van der Waals surface area contributed by atoms with Gasteiger partial charge in [0, 0.05) is 24.8 Å². The number of phenols is 2. The van der Waals surface area contributed by atoms with Gasteiger partial charge in [0.15, 0.2) is 0 Å². The van der Waals surface area contributed by atoms with Crippen molar-refractivity contribution in [2.45, 2.75) is 17.7 Å². The van der Waals surface area contributed by atoms with Gasteiger partial charge < -0.3 is 15.5 Å². The predicted octanol–water partition coefficient (Wildman–Crippen LogP) is 2.13. The molecule has 25 heavy (non-hydrogen) atoms. The zero-order chi connectivity index (χ0) is 18.0. The summed E-state index contributed by atoms with van der Waals surface area (Å²) >= 11 is 0. The topological polar surface area (TPSA) is 107 Å². The maximum atomic E-state index is 12.6. The largest absolute Gasteiger partial charge is 0.508 e. The summed E-state index contributed by atoms with van der Waals surface area (Å²) in [6, 6.07) is 9.57. The van der Waals surface area contributed by atoms with Gasteiger partial charge in [0.2, 0.25) is 10.0 Å². The number of hydrogen-bond acceptors (Lipinski definition) is 5. The van der Waals surface area contributed by atoms with Crippen molar-refractivity contribution in [3.63, 3.8) is 0 Å². The Bertz CT molecular complexity index is 905. The van der Waals surface area contributed by atoms with Crippen LogP contribution in [-0.4, -0.2) is 41.9 Å². The molecular weight excluding hydrogens is 344 g/mol. The highest BCUT2D eigenvalue weighted by Gasteiger charge is 2.28. The van der Waals surface area contributed by atoms with E-state index in [1.54, 1.807) is 12.1 Å². The number of aromatic hydroxyl groups is 2. The molecule has 1 saturated heterocycles. The van der Waals surface area contributed by atoms with Gasteiger partial charge >= 0.3 is 0 Å². The molecule has 3 N–H and O–H groups in total. The summed E-state index contributed by atoms with van der Waals surface area (Å²) in [6.07, 6.45) is 1.62. The Morgan fingerprint density at radius 2 is 1.76 bits per heavy atom. The van der Waals surface area contributed by atoms with Crippen LogP contribution in [-0.2, 0) is 10.0 Å². The number of rotatable bonds is 4. The van der Waals surface area contributed by atoms with Crippen LogP contribution in [0, 0.1) is 0 Å². The van der Waals surface area contributed by atoms with Gasteiger partial charge in [-0.25, -0.2) is 8.42 Å². The van der Waals surface area contributed by atoms with Crippen LogP contribution in [0.5, 0.6) is 11.5 Å². The molecule has 2 aromatic rings. The normalized spacial score (nSPS) is 15.2. The van der Waals surface area contributed by atoms with Crippen LogP contribution >= 0.6 is 0 Å². The van der Waals surface area contributed by atoms with E-state index >= 15 is 0 Å². The van der Waals surface area contributed by atoms with Crippen molar-refractivity contribution >= 4 is 21.6 Å². The van der Waals surface area contributed by atoms with Crippen molar-refractivity contribution in [3.8, 4) is 11.5 Å². The van der Waals surface area contributed by atoms with Gasteiger partial charge in [0.1, 0.15) is 11.5 Å². The standard InChI is InChI=1S/C17H18N2O5S/c20-13-5-3-4-12(10-13)18-17(22)15-11-14(6-7-16(15)21)25(23,24)19-8-1-2-9-19/h3-7,10-11,20-21H,1-2,8-9H2,(H,18,22). The second kappa shape index (κ2) is 6.73. The van der Waals surface area contributed by atoms with Gasteiger partial charge in [-0.1, -0.05) is 6.07 Å². The van der Waals surface area contributed by atoms with E-state index in [0.717, 1.165) is 12.8 Å². The molecule has 0 saturated carbocycles. The van der Waals surface area contributed by atoms with E-state index in [2.05, 4.69) is 5.32 Å². The van der Waals surface area contributed by atoms with Crippen molar-refractivity contribution < 1.29 is 23.4 Å². The van der Waals surface area contributed by atoms with E-state index in [0.29, 0.717) is 18.8 Å². The zero-order valence-electron chi connectivity index (χ0n) is 13.3. The fourth-order valence-corrected chi connectivity index (χ4v) is 4.26. The Kier molecular flexibility index (Phi) is 4.65. The summed E-state index contributed by atoms with van der Waals surface area (Å²) in [7, 11) is -3.69. The minimum Gasteiger partial charge on any atom is -0.508 e. The first-order valence-corrected chi connectivity index (χ1v) is 9.25. The number of phenolic OH excluding ortho intramolecular Hbond substituents is 2. The lowest BCUT2D eigenvalue weighted by Crippen LogP contribution is -2.28. The molecule has 0 unspecified atom stereocenters. The third kappa shape index (κ3) is 3.59. The Morgan fingerprint density at radius 1 is 1.04 bits per heavy atom. The van der Waals surface area contributed by atoms with Gasteiger partial charge in [0.05, 0.1) is 10.5 Å². The van der Waals surface area contributed by atoms with E-state index in [1.165, 1.54) is 34.6 Å². The first-order valence-electron chi connectivity index (χ1n) is 7.81. The third-order valence-corrected chi connectivity index (χ3v) is 5.91.